The summed E-state index contributed by atoms with van der Waals surface area (Å²) in [4.78, 5) is 26.9. The SMILES string of the molecule is O=C1OC(c2ccc([N+](=O)[O-])cc2)=N/C1=C\c1cc(Br)c(OCc2ccccc2Br)c(Br)c1. The number of aliphatic imine (C=N–C) groups is 1. The molecule has 1 aliphatic heterocycles. The fourth-order valence-corrected chi connectivity index (χ4v) is 4.83. The van der Waals surface area contributed by atoms with Gasteiger partial charge in [0.2, 0.25) is 5.90 Å². The quantitative estimate of drug-likeness (QED) is 0.128. The van der Waals surface area contributed by atoms with Crippen molar-refractivity contribution < 1.29 is 19.2 Å². The summed E-state index contributed by atoms with van der Waals surface area (Å²) in [6.07, 6.45) is 1.59. The van der Waals surface area contributed by atoms with E-state index in [-0.39, 0.29) is 17.3 Å². The first-order valence-electron chi connectivity index (χ1n) is 9.44. The number of nitro groups is 1. The van der Waals surface area contributed by atoms with E-state index < -0.39 is 10.9 Å². The van der Waals surface area contributed by atoms with Crippen LogP contribution in [-0.4, -0.2) is 16.8 Å². The molecule has 0 saturated heterocycles. The lowest BCUT2D eigenvalue weighted by Gasteiger charge is -2.12. The standard InChI is InChI=1S/C23H13Br3N2O5/c24-17-4-2-1-3-15(17)12-32-21-18(25)9-13(10-19(21)26)11-20-23(29)33-22(27-20)14-5-7-16(8-6-14)28(30)31/h1-11H,12H2/b20-11-. The second-order valence-corrected chi connectivity index (χ2v) is 9.40. The number of rotatable bonds is 6. The number of non-ortho nitro benzene ring substituents is 1. The van der Waals surface area contributed by atoms with Crippen LogP contribution in [0.2, 0.25) is 0 Å². The number of carbonyl (C=O) groups is 1. The van der Waals surface area contributed by atoms with Gasteiger partial charge in [-0.15, -0.1) is 0 Å². The highest BCUT2D eigenvalue weighted by atomic mass is 79.9. The van der Waals surface area contributed by atoms with E-state index in [1.165, 1.54) is 24.3 Å². The highest BCUT2D eigenvalue weighted by molar-refractivity contribution is 9.11. The van der Waals surface area contributed by atoms with Gasteiger partial charge in [0.05, 0.1) is 13.9 Å². The van der Waals surface area contributed by atoms with E-state index in [9.17, 15) is 14.9 Å². The summed E-state index contributed by atoms with van der Waals surface area (Å²) in [7, 11) is 0. The molecule has 3 aromatic rings. The second kappa shape index (κ2) is 9.98. The second-order valence-electron chi connectivity index (χ2n) is 6.83. The maximum absolute atomic E-state index is 12.3. The lowest BCUT2D eigenvalue weighted by molar-refractivity contribution is -0.384. The van der Waals surface area contributed by atoms with E-state index in [1.807, 2.05) is 24.3 Å². The molecule has 1 aliphatic rings. The molecule has 10 heteroatoms. The van der Waals surface area contributed by atoms with Crippen molar-refractivity contribution in [2.45, 2.75) is 6.61 Å². The number of hydrogen-bond donors (Lipinski definition) is 0. The predicted octanol–water partition coefficient (Wildman–Crippen LogP) is 6.81. The monoisotopic (exact) mass is 634 g/mol. The first-order chi connectivity index (χ1) is 15.8. The van der Waals surface area contributed by atoms with Crippen molar-refractivity contribution in [3.8, 4) is 5.75 Å². The molecule has 0 fully saturated rings. The van der Waals surface area contributed by atoms with E-state index in [4.69, 9.17) is 9.47 Å². The first-order valence-corrected chi connectivity index (χ1v) is 11.8. The normalized spacial score (nSPS) is 14.2. The lowest BCUT2D eigenvalue weighted by atomic mass is 10.2. The van der Waals surface area contributed by atoms with Gasteiger partial charge in [-0.2, -0.15) is 0 Å². The minimum atomic E-state index is -0.607. The molecule has 7 nitrogen and oxygen atoms in total. The van der Waals surface area contributed by atoms with Gasteiger partial charge in [0.25, 0.3) is 5.69 Å². The van der Waals surface area contributed by atoms with Crippen LogP contribution in [0.25, 0.3) is 6.08 Å². The number of nitro benzene ring substituents is 1. The minimum Gasteiger partial charge on any atom is -0.486 e. The zero-order valence-electron chi connectivity index (χ0n) is 16.6. The van der Waals surface area contributed by atoms with Crippen molar-refractivity contribution in [3.63, 3.8) is 0 Å². The van der Waals surface area contributed by atoms with Gasteiger partial charge in [-0.25, -0.2) is 9.79 Å². The molecular formula is C23H13Br3N2O5. The number of halogens is 3. The predicted molar refractivity (Wildman–Crippen MR) is 134 cm³/mol. The van der Waals surface area contributed by atoms with E-state index in [0.717, 1.165) is 10.0 Å². The molecule has 33 heavy (non-hydrogen) atoms. The fraction of sp³-hybridized carbons (Fsp3) is 0.0435. The Morgan fingerprint density at radius 1 is 1.00 bits per heavy atom. The summed E-state index contributed by atoms with van der Waals surface area (Å²) in [5.41, 5.74) is 2.22. The van der Waals surface area contributed by atoms with Crippen molar-refractivity contribution in [2.24, 2.45) is 4.99 Å². The third kappa shape index (κ3) is 5.40. The average Bonchev–Trinajstić information content (AvgIpc) is 3.14. The summed E-state index contributed by atoms with van der Waals surface area (Å²) >= 11 is 10.5. The molecule has 0 N–H and O–H groups in total. The third-order valence-corrected chi connectivity index (χ3v) is 6.55. The van der Waals surface area contributed by atoms with Gasteiger partial charge in [0.15, 0.2) is 5.70 Å². The maximum Gasteiger partial charge on any atom is 0.363 e. The molecule has 4 rings (SSSR count). The molecule has 3 aromatic carbocycles. The number of esters is 1. The topological polar surface area (TPSA) is 91.0 Å². The van der Waals surface area contributed by atoms with Crippen molar-refractivity contribution in [1.82, 2.24) is 0 Å². The molecule has 0 aromatic heterocycles. The van der Waals surface area contributed by atoms with Gasteiger partial charge < -0.3 is 9.47 Å². The zero-order valence-corrected chi connectivity index (χ0v) is 21.4. The fourth-order valence-electron chi connectivity index (χ4n) is 2.98. The molecule has 0 saturated carbocycles. The molecule has 0 atom stereocenters. The molecule has 0 amide bonds. The molecule has 0 bridgehead atoms. The molecule has 1 heterocycles. The summed E-state index contributed by atoms with van der Waals surface area (Å²) in [5, 5.41) is 10.8. The van der Waals surface area contributed by atoms with Crippen LogP contribution in [0.4, 0.5) is 5.69 Å². The van der Waals surface area contributed by atoms with Crippen molar-refractivity contribution in [1.29, 1.82) is 0 Å². The van der Waals surface area contributed by atoms with Crippen LogP contribution in [0.5, 0.6) is 5.75 Å². The van der Waals surface area contributed by atoms with Crippen LogP contribution in [-0.2, 0) is 16.1 Å². The van der Waals surface area contributed by atoms with Crippen LogP contribution in [0.1, 0.15) is 16.7 Å². The minimum absolute atomic E-state index is 0.0592. The average molecular weight is 637 g/mol. The smallest absolute Gasteiger partial charge is 0.363 e. The van der Waals surface area contributed by atoms with Crippen LogP contribution in [0, 0.1) is 10.1 Å². The van der Waals surface area contributed by atoms with Gasteiger partial charge in [0.1, 0.15) is 12.4 Å². The Labute approximate surface area is 213 Å². The van der Waals surface area contributed by atoms with Crippen molar-refractivity contribution in [2.75, 3.05) is 0 Å². The van der Waals surface area contributed by atoms with E-state index in [0.29, 0.717) is 32.4 Å². The Morgan fingerprint density at radius 2 is 1.67 bits per heavy atom. The molecule has 0 spiro atoms. The molecule has 0 aliphatic carbocycles. The van der Waals surface area contributed by atoms with Crippen molar-refractivity contribution >= 4 is 71.4 Å². The van der Waals surface area contributed by atoms with Gasteiger partial charge in [-0.1, -0.05) is 34.1 Å². The Balaban J connectivity index is 1.55. The van der Waals surface area contributed by atoms with Gasteiger partial charge in [0, 0.05) is 27.7 Å². The van der Waals surface area contributed by atoms with Crippen LogP contribution < -0.4 is 4.74 Å². The molecule has 0 radical (unpaired) electrons. The Bertz CT molecular complexity index is 1300. The molecule has 166 valence electrons. The summed E-state index contributed by atoms with van der Waals surface area (Å²) in [6, 6.07) is 17.0. The van der Waals surface area contributed by atoms with Crippen LogP contribution in [0.15, 0.2) is 84.8 Å². The number of nitrogens with zero attached hydrogens (tertiary/aromatic N) is 2. The zero-order chi connectivity index (χ0) is 23.5. The maximum atomic E-state index is 12.3. The Kier molecular flexibility index (Phi) is 7.06. The number of benzene rings is 3. The Hall–Kier alpha value is -2.82. The first kappa shape index (κ1) is 23.3. The Morgan fingerprint density at radius 3 is 2.30 bits per heavy atom. The van der Waals surface area contributed by atoms with Crippen LogP contribution in [0.3, 0.4) is 0 Å². The highest BCUT2D eigenvalue weighted by Gasteiger charge is 2.25. The van der Waals surface area contributed by atoms with E-state index in [2.05, 4.69) is 52.8 Å². The number of hydrogen-bond acceptors (Lipinski definition) is 6. The van der Waals surface area contributed by atoms with Gasteiger partial charge in [-0.3, -0.25) is 10.1 Å². The highest BCUT2D eigenvalue weighted by Crippen LogP contribution is 2.36. The van der Waals surface area contributed by atoms with E-state index >= 15 is 0 Å². The molecular weight excluding hydrogens is 624 g/mol. The largest absolute Gasteiger partial charge is 0.486 e. The lowest BCUT2D eigenvalue weighted by Crippen LogP contribution is -2.05. The van der Waals surface area contributed by atoms with Gasteiger partial charge >= 0.3 is 5.97 Å². The summed E-state index contributed by atoms with van der Waals surface area (Å²) in [5.74, 6) is 0.106. The van der Waals surface area contributed by atoms with E-state index in [1.54, 1.807) is 18.2 Å². The van der Waals surface area contributed by atoms with Crippen LogP contribution >= 0.6 is 47.8 Å². The third-order valence-electron chi connectivity index (χ3n) is 4.60. The number of ether oxygens (including phenoxy) is 2. The van der Waals surface area contributed by atoms with Crippen molar-refractivity contribution in [3.05, 3.63) is 107 Å². The summed E-state index contributed by atoms with van der Waals surface area (Å²) < 4.78 is 13.6. The van der Waals surface area contributed by atoms with Gasteiger partial charge in [-0.05, 0) is 73.8 Å². The number of cyclic esters (lactones) is 1. The number of carbonyl (C=O) groups excluding carboxylic acids is 1. The molecule has 0 unspecified atom stereocenters. The summed E-state index contributed by atoms with van der Waals surface area (Å²) in [6.45, 7) is 0.369.